The molecule has 0 aliphatic carbocycles. The van der Waals surface area contributed by atoms with Crippen LogP contribution in [0.1, 0.15) is 5.82 Å². The molecular weight excluding hydrogens is 255 g/mol. The van der Waals surface area contributed by atoms with Crippen molar-refractivity contribution < 1.29 is 32.7 Å². The minimum atomic E-state index is 0. The third-order valence-electron chi connectivity index (χ3n) is 1.51. The molecule has 0 bridgehead atoms. The zero-order valence-electron chi connectivity index (χ0n) is 7.28. The summed E-state index contributed by atoms with van der Waals surface area (Å²) in [5.74, 6) is 5.75. The van der Waals surface area contributed by atoms with E-state index in [1.165, 1.54) is 6.33 Å². The first-order valence-corrected chi connectivity index (χ1v) is 3.56. The number of aromatic nitrogens is 4. The number of imidazole rings is 1. The molecule has 2 aromatic heterocycles. The number of aromatic amines is 1. The summed E-state index contributed by atoms with van der Waals surface area (Å²) in [5, 5.41) is 0. The van der Waals surface area contributed by atoms with Crippen molar-refractivity contribution in [1.29, 1.82) is 0 Å². The minimum absolute atomic E-state index is 0. The number of nitrogens with two attached hydrogens (primary N) is 1. The molecule has 2 rings (SSSR count). The summed E-state index contributed by atoms with van der Waals surface area (Å²) in [6.45, 7) is 3.37. The van der Waals surface area contributed by atoms with Crippen molar-refractivity contribution in [2.45, 2.75) is 0 Å². The van der Waals surface area contributed by atoms with Crippen LogP contribution >= 0.6 is 0 Å². The van der Waals surface area contributed by atoms with Gasteiger partial charge in [0, 0.05) is 32.7 Å². The van der Waals surface area contributed by atoms with E-state index < -0.39 is 0 Å². The van der Waals surface area contributed by atoms with Gasteiger partial charge in [-0.2, -0.15) is 6.92 Å². The fraction of sp³-hybridized carbons (Fsp3) is 0. The van der Waals surface area contributed by atoms with Crippen LogP contribution < -0.4 is 5.73 Å². The van der Waals surface area contributed by atoms with Crippen LogP contribution in [-0.4, -0.2) is 19.9 Å². The van der Waals surface area contributed by atoms with Gasteiger partial charge < -0.3 is 10.7 Å². The zero-order valence-corrected chi connectivity index (χ0v) is 10.1. The average Bonchev–Trinajstić information content (AvgIpc) is 2.53. The van der Waals surface area contributed by atoms with Crippen molar-refractivity contribution in [1.82, 2.24) is 19.9 Å². The Balaban J connectivity index is 0.000000980. The van der Waals surface area contributed by atoms with E-state index in [4.69, 9.17) is 5.73 Å². The van der Waals surface area contributed by atoms with Crippen LogP contribution in [0.15, 0.2) is 6.33 Å². The molecule has 0 amide bonds. The third kappa shape index (κ3) is 1.86. The zero-order chi connectivity index (χ0) is 9.26. The second-order valence-corrected chi connectivity index (χ2v) is 2.34. The van der Waals surface area contributed by atoms with Gasteiger partial charge in [-0.15, -0.1) is 0 Å². The van der Waals surface area contributed by atoms with Crippen molar-refractivity contribution in [2.75, 3.05) is 5.73 Å². The van der Waals surface area contributed by atoms with Crippen LogP contribution in [0.5, 0.6) is 0 Å². The van der Waals surface area contributed by atoms with Crippen molar-refractivity contribution >= 4 is 17.0 Å². The summed E-state index contributed by atoms with van der Waals surface area (Å²) in [4.78, 5) is 14.8. The normalized spacial score (nSPS) is 8.86. The Hall–Kier alpha value is -1.12. The van der Waals surface area contributed by atoms with Crippen molar-refractivity contribution in [3.05, 3.63) is 19.1 Å². The smallest absolute Gasteiger partial charge is 0.182 e. The first kappa shape index (κ1) is 11.0. The van der Waals surface area contributed by atoms with E-state index >= 15 is 0 Å². The van der Waals surface area contributed by atoms with Crippen LogP contribution in [0.3, 0.4) is 0 Å². The van der Waals surface area contributed by atoms with Gasteiger partial charge in [-0.3, -0.25) is 11.8 Å². The molecule has 0 saturated heterocycles. The van der Waals surface area contributed by atoms with Crippen LogP contribution in [0.25, 0.3) is 11.2 Å². The molecule has 5 nitrogen and oxygen atoms in total. The van der Waals surface area contributed by atoms with Gasteiger partial charge in [0.25, 0.3) is 0 Å². The van der Waals surface area contributed by atoms with Crippen LogP contribution in [0.4, 0.5) is 5.82 Å². The second kappa shape index (κ2) is 4.40. The molecule has 2 aromatic rings. The maximum atomic E-state index is 5.62. The maximum absolute atomic E-state index is 5.62. The van der Waals surface area contributed by atoms with Crippen LogP contribution in [0, 0.1) is 18.8 Å². The summed E-state index contributed by atoms with van der Waals surface area (Å²) in [7, 11) is 0. The van der Waals surface area contributed by atoms with Crippen LogP contribution in [-0.2, 0) is 32.7 Å². The Morgan fingerprint density at radius 3 is 2.93 bits per heavy atom. The molecule has 14 heavy (non-hydrogen) atoms. The standard InChI is InChI=1S/C8H6N5.Y/c1-2-3-5-12-7(9)6-8(13-5)11-4-10-6;/h4H,1H2,(H3,9,10,11,12,13);/q-1;. The van der Waals surface area contributed by atoms with Gasteiger partial charge in [-0.25, -0.2) is 15.0 Å². The number of hydrogen-bond acceptors (Lipinski definition) is 4. The Morgan fingerprint density at radius 2 is 2.21 bits per heavy atom. The van der Waals surface area contributed by atoms with Gasteiger partial charge in [-0.1, -0.05) is 0 Å². The molecule has 0 aromatic carbocycles. The van der Waals surface area contributed by atoms with Gasteiger partial charge in [0.2, 0.25) is 0 Å². The second-order valence-electron chi connectivity index (χ2n) is 2.34. The summed E-state index contributed by atoms with van der Waals surface area (Å²) in [5.41, 5.74) is 6.77. The number of rotatable bonds is 0. The molecule has 1 radical (unpaired) electrons. The predicted octanol–water partition coefficient (Wildman–Crippen LogP) is 0.118. The molecule has 6 heteroatoms. The van der Waals surface area contributed by atoms with Crippen molar-refractivity contribution in [3.8, 4) is 11.8 Å². The molecule has 0 atom stereocenters. The summed E-state index contributed by atoms with van der Waals surface area (Å²) in [6.07, 6.45) is 1.51. The SMILES string of the molecule is [CH2-]C#Cc1nc(N)c2[nH]cnc2n1.[Y]. The number of H-pyrrole nitrogens is 1. The molecule has 67 valence electrons. The van der Waals surface area contributed by atoms with Gasteiger partial charge in [0.05, 0.1) is 6.33 Å². The van der Waals surface area contributed by atoms with E-state index in [0.717, 1.165) is 0 Å². The summed E-state index contributed by atoms with van der Waals surface area (Å²) < 4.78 is 0. The quantitative estimate of drug-likeness (QED) is 0.521. The Bertz CT molecular complexity index is 507. The number of nitrogens with zero attached hydrogens (tertiary/aromatic N) is 3. The predicted molar refractivity (Wildman–Crippen MR) is 48.3 cm³/mol. The number of anilines is 1. The molecule has 0 unspecified atom stereocenters. The minimum Gasteiger partial charge on any atom is -0.382 e. The van der Waals surface area contributed by atoms with E-state index in [0.29, 0.717) is 22.8 Å². The molecule has 0 aliphatic rings. The monoisotopic (exact) mass is 261 g/mol. The van der Waals surface area contributed by atoms with Gasteiger partial charge >= 0.3 is 0 Å². The first-order chi connectivity index (χ1) is 6.31. The number of hydrogen-bond donors (Lipinski definition) is 2. The van der Waals surface area contributed by atoms with Crippen molar-refractivity contribution in [3.63, 3.8) is 0 Å². The van der Waals surface area contributed by atoms with E-state index in [1.54, 1.807) is 0 Å². The topological polar surface area (TPSA) is 80.5 Å². The molecule has 0 saturated carbocycles. The Morgan fingerprint density at radius 1 is 1.43 bits per heavy atom. The molecule has 0 fully saturated rings. The van der Waals surface area contributed by atoms with Crippen molar-refractivity contribution in [2.24, 2.45) is 0 Å². The number of nitrogens with one attached hydrogen (secondary N) is 1. The van der Waals surface area contributed by atoms with Gasteiger partial charge in [0.1, 0.15) is 11.3 Å². The molecule has 3 N–H and O–H groups in total. The average molecular weight is 261 g/mol. The van der Waals surface area contributed by atoms with Gasteiger partial charge in [0.15, 0.2) is 11.5 Å². The molecule has 2 heterocycles. The third-order valence-corrected chi connectivity index (χ3v) is 1.51. The summed E-state index contributed by atoms with van der Waals surface area (Å²) in [6, 6.07) is 0. The molecule has 0 aliphatic heterocycles. The molecule has 0 spiro atoms. The van der Waals surface area contributed by atoms with Crippen LogP contribution in [0.2, 0.25) is 0 Å². The maximum Gasteiger partial charge on any atom is 0.182 e. The van der Waals surface area contributed by atoms with E-state index in [9.17, 15) is 0 Å². The first-order valence-electron chi connectivity index (χ1n) is 3.56. The van der Waals surface area contributed by atoms with E-state index in [-0.39, 0.29) is 32.7 Å². The largest absolute Gasteiger partial charge is 0.382 e. The summed E-state index contributed by atoms with van der Waals surface area (Å²) >= 11 is 0. The molecular formula is C8H6N5Y-. The van der Waals surface area contributed by atoms with E-state index in [2.05, 4.69) is 38.7 Å². The Kier molecular flexibility index (Phi) is 3.45. The number of nitrogen functional groups attached to an aromatic ring is 1. The van der Waals surface area contributed by atoms with Gasteiger partial charge in [-0.05, 0) is 0 Å². The Labute approximate surface area is 106 Å². The number of fused-ring (bicyclic) bond motifs is 1. The van der Waals surface area contributed by atoms with E-state index in [1.807, 2.05) is 0 Å². The fourth-order valence-electron chi connectivity index (χ4n) is 0.991. The fourth-order valence-corrected chi connectivity index (χ4v) is 0.991.